The van der Waals surface area contributed by atoms with Gasteiger partial charge in [0.2, 0.25) is 0 Å². The smallest absolute Gasteiger partial charge is 1.00 e. The van der Waals surface area contributed by atoms with Gasteiger partial charge in [-0.3, -0.25) is 0 Å². The molecule has 4 rings (SSSR count). The Morgan fingerprint density at radius 3 is 1.09 bits per heavy atom. The van der Waals surface area contributed by atoms with Crippen LogP contribution in [0.4, 0.5) is 0 Å². The van der Waals surface area contributed by atoms with Crippen LogP contribution in [-0.4, -0.2) is 22.4 Å². The molecule has 4 aliphatic rings. The molecule has 0 saturated heterocycles. The minimum absolute atomic E-state index is 0. The van der Waals surface area contributed by atoms with E-state index in [0.717, 1.165) is 24.7 Å². The van der Waals surface area contributed by atoms with Crippen LogP contribution in [0.2, 0.25) is 0 Å². The minimum Gasteiger partial charge on any atom is -1.00 e. The van der Waals surface area contributed by atoms with Gasteiger partial charge in [-0.1, -0.05) is 41.5 Å². The number of rotatable bonds is 0. The molecule has 3 heteroatoms. The average molecular weight is 333 g/mol. The van der Waals surface area contributed by atoms with Gasteiger partial charge in [0.15, 0.2) is 0 Å². The van der Waals surface area contributed by atoms with E-state index in [1.165, 1.54) is 25.7 Å². The van der Waals surface area contributed by atoms with E-state index in [9.17, 15) is 10.2 Å². The van der Waals surface area contributed by atoms with Crippen molar-refractivity contribution in [3.05, 3.63) is 0 Å². The molecule has 130 valence electrons. The van der Waals surface area contributed by atoms with E-state index >= 15 is 0 Å². The summed E-state index contributed by atoms with van der Waals surface area (Å²) in [6, 6.07) is 0. The summed E-state index contributed by atoms with van der Waals surface area (Å²) in [6.45, 7) is 13.8. The van der Waals surface area contributed by atoms with E-state index in [-0.39, 0.29) is 54.0 Å². The van der Waals surface area contributed by atoms with Crippen LogP contribution >= 0.6 is 0 Å². The maximum absolute atomic E-state index is 9.81. The van der Waals surface area contributed by atoms with Gasteiger partial charge in [0.1, 0.15) is 0 Å². The monoisotopic (exact) mass is 332 g/mol. The van der Waals surface area contributed by atoms with E-state index < -0.39 is 0 Å². The summed E-state index contributed by atoms with van der Waals surface area (Å²) in [5, 5.41) is 19.6. The Bertz CT molecular complexity index is 425. The fourth-order valence-corrected chi connectivity index (χ4v) is 6.32. The Kier molecular flexibility index (Phi) is 5.26. The van der Waals surface area contributed by atoms with Gasteiger partial charge in [0.05, 0.1) is 12.2 Å². The molecule has 0 aromatic heterocycles. The van der Waals surface area contributed by atoms with E-state index in [4.69, 9.17) is 0 Å². The van der Waals surface area contributed by atoms with Gasteiger partial charge in [-0.25, -0.2) is 0 Å². The number of hydrogen-bond acceptors (Lipinski definition) is 2. The van der Waals surface area contributed by atoms with Gasteiger partial charge in [0, 0.05) is 0 Å². The summed E-state index contributed by atoms with van der Waals surface area (Å²) in [4.78, 5) is 0. The molecule has 4 bridgehead atoms. The van der Waals surface area contributed by atoms with E-state index in [1.807, 2.05) is 0 Å². The minimum atomic E-state index is -0.0313. The number of aliphatic hydroxyl groups excluding tert-OH is 2. The van der Waals surface area contributed by atoms with Gasteiger partial charge < -0.3 is 11.6 Å². The Hall–Kier alpha value is 0.920. The number of fused-ring (bicyclic) bond motifs is 4. The van der Waals surface area contributed by atoms with Gasteiger partial charge in [-0.15, -0.1) is 0 Å². The molecule has 0 aromatic carbocycles. The van der Waals surface area contributed by atoms with Crippen molar-refractivity contribution in [2.45, 2.75) is 92.3 Å². The molecule has 4 aliphatic carbocycles. The molecule has 0 spiro atoms. The summed E-state index contributed by atoms with van der Waals surface area (Å²) in [5.41, 5.74) is 1.20. The summed E-state index contributed by atoms with van der Waals surface area (Å²) >= 11 is 0. The first-order chi connectivity index (χ1) is 9.97. The standard InChI is InChI=1S/2C10H18O.Na.H/c2*1-9(2)7-4-5-10(9,3)8(11)6-7;;/h2*7-8,11H,4-6H2,1-3H3;;/q;;+1;-1. The van der Waals surface area contributed by atoms with Crippen LogP contribution in [0.1, 0.15) is 81.5 Å². The molecule has 2 nitrogen and oxygen atoms in total. The van der Waals surface area contributed by atoms with Crippen LogP contribution in [0.25, 0.3) is 0 Å². The molecule has 6 atom stereocenters. The Balaban J connectivity index is 0.000000222. The molecule has 0 aromatic rings. The largest absolute Gasteiger partial charge is 1.00 e. The van der Waals surface area contributed by atoms with Gasteiger partial charge in [0.25, 0.3) is 0 Å². The molecule has 0 amide bonds. The molecule has 6 unspecified atom stereocenters. The van der Waals surface area contributed by atoms with Crippen molar-refractivity contribution in [2.24, 2.45) is 33.5 Å². The van der Waals surface area contributed by atoms with Crippen LogP contribution in [0, 0.1) is 33.5 Å². The van der Waals surface area contributed by atoms with E-state index in [1.54, 1.807) is 0 Å². The van der Waals surface area contributed by atoms with Crippen molar-refractivity contribution >= 4 is 0 Å². The molecule has 23 heavy (non-hydrogen) atoms. The van der Waals surface area contributed by atoms with Crippen molar-refractivity contribution < 1.29 is 41.2 Å². The fourth-order valence-electron chi connectivity index (χ4n) is 6.32. The Labute approximate surface area is 166 Å². The van der Waals surface area contributed by atoms with E-state index in [2.05, 4.69) is 41.5 Å². The molecular weight excluding hydrogens is 295 g/mol. The number of aliphatic hydroxyl groups is 2. The summed E-state index contributed by atoms with van der Waals surface area (Å²) < 4.78 is 0. The predicted molar refractivity (Wildman–Crippen MR) is 91.6 cm³/mol. The quantitative estimate of drug-likeness (QED) is 0.660. The normalized spacial score (nSPS) is 51.1. The second-order valence-corrected chi connectivity index (χ2v) is 10.3. The molecule has 2 N–H and O–H groups in total. The fraction of sp³-hybridized carbons (Fsp3) is 1.00. The number of hydrogen-bond donors (Lipinski definition) is 2. The Morgan fingerprint density at radius 1 is 0.696 bits per heavy atom. The maximum atomic E-state index is 9.81. The van der Waals surface area contributed by atoms with Crippen LogP contribution < -0.4 is 29.6 Å². The topological polar surface area (TPSA) is 40.5 Å². The second-order valence-electron chi connectivity index (χ2n) is 10.3. The van der Waals surface area contributed by atoms with Crippen LogP contribution in [0.3, 0.4) is 0 Å². The van der Waals surface area contributed by atoms with Crippen molar-refractivity contribution in [1.82, 2.24) is 0 Å². The first-order valence-electron chi connectivity index (χ1n) is 9.33. The summed E-state index contributed by atoms with van der Waals surface area (Å²) in [6.07, 6.45) is 7.15. The Morgan fingerprint density at radius 2 is 1.00 bits per heavy atom. The summed E-state index contributed by atoms with van der Waals surface area (Å²) in [7, 11) is 0. The molecular formula is C20H37NaO2. The molecule has 4 saturated carbocycles. The van der Waals surface area contributed by atoms with Crippen molar-refractivity contribution in [3.8, 4) is 0 Å². The van der Waals surface area contributed by atoms with Crippen molar-refractivity contribution in [3.63, 3.8) is 0 Å². The van der Waals surface area contributed by atoms with Crippen LogP contribution in [0.15, 0.2) is 0 Å². The third-order valence-electron chi connectivity index (χ3n) is 9.50. The zero-order valence-corrected chi connectivity index (χ0v) is 18.4. The first-order valence-corrected chi connectivity index (χ1v) is 9.33. The van der Waals surface area contributed by atoms with Crippen molar-refractivity contribution in [2.75, 3.05) is 0 Å². The maximum Gasteiger partial charge on any atom is 1.00 e. The third kappa shape index (κ3) is 2.53. The average Bonchev–Trinajstić information content (AvgIpc) is 2.91. The third-order valence-corrected chi connectivity index (χ3v) is 9.50. The predicted octanol–water partition coefficient (Wildman–Crippen LogP) is 1.50. The molecule has 4 fully saturated rings. The van der Waals surface area contributed by atoms with Gasteiger partial charge >= 0.3 is 29.6 Å². The first kappa shape index (κ1) is 20.2. The molecule has 0 heterocycles. The van der Waals surface area contributed by atoms with E-state index in [0.29, 0.717) is 10.8 Å². The molecule has 0 radical (unpaired) electrons. The zero-order chi connectivity index (χ0) is 16.6. The van der Waals surface area contributed by atoms with Crippen LogP contribution in [0.5, 0.6) is 0 Å². The van der Waals surface area contributed by atoms with Gasteiger partial charge in [-0.2, -0.15) is 0 Å². The summed E-state index contributed by atoms with van der Waals surface area (Å²) in [5.74, 6) is 1.56. The molecule has 0 aliphatic heterocycles. The second kappa shape index (κ2) is 5.98. The van der Waals surface area contributed by atoms with Crippen LogP contribution in [-0.2, 0) is 0 Å². The SMILES string of the molecule is CC1(C)C2CCC1(C)C(O)C2.CC1(C)C2CCC1(C)C(O)C2.[H-].[Na+]. The zero-order valence-electron chi connectivity index (χ0n) is 17.4. The van der Waals surface area contributed by atoms with Crippen molar-refractivity contribution in [1.29, 1.82) is 0 Å². The van der Waals surface area contributed by atoms with Gasteiger partial charge in [-0.05, 0) is 72.0 Å².